The molecule has 0 bridgehead atoms. The predicted octanol–water partition coefficient (Wildman–Crippen LogP) is 3.97. The molecule has 2 aromatic carbocycles. The van der Waals surface area contributed by atoms with Gasteiger partial charge in [-0.25, -0.2) is 4.98 Å². The first-order valence-electron chi connectivity index (χ1n) is 8.41. The van der Waals surface area contributed by atoms with Crippen LogP contribution in [0.25, 0.3) is 10.2 Å². The van der Waals surface area contributed by atoms with Crippen LogP contribution in [0.15, 0.2) is 41.9 Å². The minimum atomic E-state index is 0.146. The zero-order valence-corrected chi connectivity index (χ0v) is 15.4. The number of rotatable bonds is 4. The van der Waals surface area contributed by atoms with E-state index in [-0.39, 0.29) is 5.75 Å². The Morgan fingerprint density at radius 2 is 1.60 bits per heavy atom. The van der Waals surface area contributed by atoms with Crippen molar-refractivity contribution in [2.75, 3.05) is 26.2 Å². The second-order valence-corrected chi connectivity index (χ2v) is 7.79. The van der Waals surface area contributed by atoms with Crippen LogP contribution in [0.1, 0.15) is 11.1 Å². The van der Waals surface area contributed by atoms with Gasteiger partial charge in [-0.2, -0.15) is 0 Å². The van der Waals surface area contributed by atoms with Gasteiger partial charge < -0.3 is 5.11 Å². The van der Waals surface area contributed by atoms with Crippen molar-refractivity contribution < 1.29 is 5.11 Å². The highest BCUT2D eigenvalue weighted by Gasteiger charge is 2.17. The maximum Gasteiger partial charge on any atom is 0.134 e. The first kappa shape index (κ1) is 16.8. The van der Waals surface area contributed by atoms with Crippen LogP contribution in [-0.4, -0.2) is 46.1 Å². The summed E-state index contributed by atoms with van der Waals surface area (Å²) in [7, 11) is 0. The number of aromatic nitrogens is 1. The second-order valence-electron chi connectivity index (χ2n) is 6.49. The van der Waals surface area contributed by atoms with Crippen molar-refractivity contribution in [3.63, 3.8) is 0 Å². The van der Waals surface area contributed by atoms with Crippen LogP contribution in [0.3, 0.4) is 0 Å². The molecule has 1 aliphatic heterocycles. The van der Waals surface area contributed by atoms with E-state index in [0.717, 1.165) is 50.3 Å². The van der Waals surface area contributed by atoms with Crippen LogP contribution in [0.4, 0.5) is 0 Å². The van der Waals surface area contributed by atoms with Crippen LogP contribution in [-0.2, 0) is 13.1 Å². The molecule has 1 saturated heterocycles. The zero-order valence-electron chi connectivity index (χ0n) is 13.9. The summed E-state index contributed by atoms with van der Waals surface area (Å²) in [4.78, 5) is 9.34. The summed E-state index contributed by atoms with van der Waals surface area (Å²) in [6.45, 7) is 6.04. The Hall–Kier alpha value is -1.66. The van der Waals surface area contributed by atoms with Crippen molar-refractivity contribution >= 4 is 33.2 Å². The fraction of sp³-hybridized carbons (Fsp3) is 0.316. The molecule has 0 unspecified atom stereocenters. The Morgan fingerprint density at radius 3 is 2.28 bits per heavy atom. The van der Waals surface area contributed by atoms with E-state index in [2.05, 4.69) is 33.0 Å². The SMILES string of the molecule is Oc1ccc(CN2CCN(Cc3ccc4scnc4c3)CC2)cc1Cl. The molecule has 0 atom stereocenters. The Bertz CT molecular complexity index is 874. The van der Waals surface area contributed by atoms with Crippen LogP contribution < -0.4 is 0 Å². The molecule has 0 aliphatic carbocycles. The minimum Gasteiger partial charge on any atom is -0.506 e. The summed E-state index contributed by atoms with van der Waals surface area (Å²) >= 11 is 7.69. The molecular weight excluding hydrogens is 354 g/mol. The van der Waals surface area contributed by atoms with Gasteiger partial charge in [0.15, 0.2) is 0 Å². The van der Waals surface area contributed by atoms with Crippen molar-refractivity contribution in [3.8, 4) is 5.75 Å². The van der Waals surface area contributed by atoms with Crippen molar-refractivity contribution in [1.29, 1.82) is 0 Å². The number of aromatic hydroxyl groups is 1. The predicted molar refractivity (Wildman–Crippen MR) is 103 cm³/mol. The Morgan fingerprint density at radius 1 is 0.960 bits per heavy atom. The molecule has 1 aliphatic rings. The number of benzene rings is 2. The van der Waals surface area contributed by atoms with Crippen molar-refractivity contribution in [2.24, 2.45) is 0 Å². The molecule has 0 spiro atoms. The van der Waals surface area contributed by atoms with E-state index < -0.39 is 0 Å². The van der Waals surface area contributed by atoms with Crippen molar-refractivity contribution in [2.45, 2.75) is 13.1 Å². The molecule has 2 heterocycles. The molecule has 0 radical (unpaired) electrons. The number of halogens is 1. The highest BCUT2D eigenvalue weighted by atomic mass is 35.5. The van der Waals surface area contributed by atoms with Crippen LogP contribution in [0.2, 0.25) is 5.02 Å². The number of fused-ring (bicyclic) bond motifs is 1. The molecule has 130 valence electrons. The summed E-state index contributed by atoms with van der Waals surface area (Å²) in [6.07, 6.45) is 0. The maximum atomic E-state index is 9.52. The van der Waals surface area contributed by atoms with Gasteiger partial charge in [-0.15, -0.1) is 11.3 Å². The number of phenols is 1. The van der Waals surface area contributed by atoms with Gasteiger partial charge in [0.05, 0.1) is 20.7 Å². The van der Waals surface area contributed by atoms with Gasteiger partial charge in [-0.1, -0.05) is 23.7 Å². The molecule has 6 heteroatoms. The summed E-state index contributed by atoms with van der Waals surface area (Å²) < 4.78 is 1.25. The molecule has 4 rings (SSSR count). The summed E-state index contributed by atoms with van der Waals surface area (Å²) in [5, 5.41) is 9.95. The van der Waals surface area contributed by atoms with Gasteiger partial charge in [0.25, 0.3) is 0 Å². The first-order valence-corrected chi connectivity index (χ1v) is 9.67. The lowest BCUT2D eigenvalue weighted by Gasteiger charge is -2.34. The normalized spacial score (nSPS) is 16.5. The van der Waals surface area contributed by atoms with Crippen LogP contribution in [0, 0.1) is 0 Å². The van der Waals surface area contributed by atoms with E-state index in [4.69, 9.17) is 11.6 Å². The highest BCUT2D eigenvalue weighted by molar-refractivity contribution is 7.16. The van der Waals surface area contributed by atoms with E-state index in [9.17, 15) is 5.11 Å². The quantitative estimate of drug-likeness (QED) is 0.751. The molecular formula is C19H20ClN3OS. The standard InChI is InChI=1S/C19H20ClN3OS/c20-16-9-14(1-3-18(16)24)11-22-5-7-23(8-6-22)12-15-2-4-19-17(10-15)21-13-25-19/h1-4,9-10,13,24H,5-8,11-12H2. The first-order chi connectivity index (χ1) is 12.2. The third kappa shape index (κ3) is 3.96. The molecule has 3 aromatic rings. The van der Waals surface area contributed by atoms with E-state index >= 15 is 0 Å². The van der Waals surface area contributed by atoms with Crippen LogP contribution >= 0.6 is 22.9 Å². The molecule has 25 heavy (non-hydrogen) atoms. The molecule has 4 nitrogen and oxygen atoms in total. The van der Waals surface area contributed by atoms with Crippen molar-refractivity contribution in [1.82, 2.24) is 14.8 Å². The smallest absolute Gasteiger partial charge is 0.134 e. The zero-order chi connectivity index (χ0) is 17.2. The van der Waals surface area contributed by atoms with E-state index in [1.807, 2.05) is 17.6 Å². The van der Waals surface area contributed by atoms with Gasteiger partial charge >= 0.3 is 0 Å². The lowest BCUT2D eigenvalue weighted by atomic mass is 10.1. The van der Waals surface area contributed by atoms with Crippen LogP contribution in [0.5, 0.6) is 5.75 Å². The fourth-order valence-corrected chi connectivity index (χ4v) is 4.13. The molecule has 0 amide bonds. The summed E-state index contributed by atoms with van der Waals surface area (Å²) in [5.74, 6) is 0.146. The van der Waals surface area contributed by atoms with Gasteiger partial charge in [0.2, 0.25) is 0 Å². The van der Waals surface area contributed by atoms with E-state index in [1.165, 1.54) is 10.3 Å². The number of nitrogens with zero attached hydrogens (tertiary/aromatic N) is 3. The van der Waals surface area contributed by atoms with E-state index in [1.54, 1.807) is 17.4 Å². The second kappa shape index (κ2) is 7.30. The molecule has 1 aromatic heterocycles. The number of piperazine rings is 1. The van der Waals surface area contributed by atoms with Gasteiger partial charge in [-0.05, 0) is 35.4 Å². The molecule has 0 saturated carbocycles. The number of phenolic OH excluding ortho intramolecular Hbond substituents is 1. The Balaban J connectivity index is 1.32. The third-order valence-corrected chi connectivity index (χ3v) is 5.80. The third-order valence-electron chi connectivity index (χ3n) is 4.68. The molecule has 1 N–H and O–H groups in total. The minimum absolute atomic E-state index is 0.146. The number of thiazole rings is 1. The average Bonchev–Trinajstić information content (AvgIpc) is 3.08. The highest BCUT2D eigenvalue weighted by Crippen LogP contribution is 2.25. The largest absolute Gasteiger partial charge is 0.506 e. The Labute approximate surface area is 156 Å². The van der Waals surface area contributed by atoms with Gasteiger partial charge in [0.1, 0.15) is 5.75 Å². The lowest BCUT2D eigenvalue weighted by molar-refractivity contribution is 0.122. The Kier molecular flexibility index (Phi) is 4.90. The van der Waals surface area contributed by atoms with Crippen molar-refractivity contribution in [3.05, 3.63) is 58.1 Å². The van der Waals surface area contributed by atoms with E-state index in [0.29, 0.717) is 5.02 Å². The number of hydrogen-bond acceptors (Lipinski definition) is 5. The topological polar surface area (TPSA) is 39.6 Å². The monoisotopic (exact) mass is 373 g/mol. The lowest BCUT2D eigenvalue weighted by Crippen LogP contribution is -2.45. The fourth-order valence-electron chi connectivity index (χ4n) is 3.27. The summed E-state index contributed by atoms with van der Waals surface area (Å²) in [6, 6.07) is 12.1. The van der Waals surface area contributed by atoms with Gasteiger partial charge in [-0.3, -0.25) is 9.80 Å². The maximum absolute atomic E-state index is 9.52. The summed E-state index contributed by atoms with van der Waals surface area (Å²) in [5.41, 5.74) is 5.48. The van der Waals surface area contributed by atoms with Gasteiger partial charge in [0, 0.05) is 39.3 Å². The number of hydrogen-bond donors (Lipinski definition) is 1. The molecule has 1 fully saturated rings. The average molecular weight is 374 g/mol.